The summed E-state index contributed by atoms with van der Waals surface area (Å²) in [5.41, 5.74) is 3.16. The van der Waals surface area contributed by atoms with E-state index in [9.17, 15) is 13.6 Å². The number of amides is 1. The van der Waals surface area contributed by atoms with Gasteiger partial charge in [0, 0.05) is 29.4 Å². The second-order valence-electron chi connectivity index (χ2n) is 8.22. The molecule has 2 aliphatic rings. The molecule has 9 heteroatoms. The number of allylic oxidation sites excluding steroid dienone is 1. The van der Waals surface area contributed by atoms with Gasteiger partial charge in [0.1, 0.15) is 23.3 Å². The minimum Gasteiger partial charge on any atom is -0.367 e. The summed E-state index contributed by atoms with van der Waals surface area (Å²) >= 11 is 0. The zero-order chi connectivity index (χ0) is 22.4. The van der Waals surface area contributed by atoms with E-state index >= 15 is 0 Å². The molecule has 1 aromatic carbocycles. The van der Waals surface area contributed by atoms with Crippen molar-refractivity contribution < 1.29 is 13.6 Å². The first-order chi connectivity index (χ1) is 15.4. The molecule has 32 heavy (non-hydrogen) atoms. The van der Waals surface area contributed by atoms with Crippen LogP contribution in [-0.4, -0.2) is 26.5 Å². The van der Waals surface area contributed by atoms with Crippen LogP contribution < -0.4 is 16.0 Å². The normalized spacial score (nSPS) is 18.3. The number of hydrogen-bond donors (Lipinski definition) is 3. The van der Waals surface area contributed by atoms with Crippen LogP contribution in [0.15, 0.2) is 48.3 Å². The number of halogens is 2. The van der Waals surface area contributed by atoms with Crippen molar-refractivity contribution in [2.75, 3.05) is 10.6 Å². The summed E-state index contributed by atoms with van der Waals surface area (Å²) in [6.07, 6.45) is 5.96. The molecule has 3 N–H and O–H groups in total. The Morgan fingerprint density at radius 2 is 2.00 bits per heavy atom. The van der Waals surface area contributed by atoms with Crippen molar-refractivity contribution in [3.63, 3.8) is 0 Å². The van der Waals surface area contributed by atoms with Crippen LogP contribution in [0.3, 0.4) is 0 Å². The second kappa shape index (κ2) is 7.74. The number of carbonyl (C=O) groups excluding carboxylic acids is 1. The molecule has 1 aliphatic heterocycles. The lowest BCUT2D eigenvalue weighted by atomic mass is 10.1. The van der Waals surface area contributed by atoms with E-state index in [1.807, 2.05) is 19.1 Å². The molecule has 1 atom stereocenters. The van der Waals surface area contributed by atoms with Crippen LogP contribution in [0.2, 0.25) is 0 Å². The Morgan fingerprint density at radius 3 is 2.66 bits per heavy atom. The number of nitrogens with zero attached hydrogens (tertiary/aromatic N) is 3. The lowest BCUT2D eigenvalue weighted by Gasteiger charge is -2.17. The second-order valence-corrected chi connectivity index (χ2v) is 8.22. The van der Waals surface area contributed by atoms with Gasteiger partial charge in [-0.3, -0.25) is 4.79 Å². The van der Waals surface area contributed by atoms with E-state index in [1.165, 1.54) is 12.1 Å². The standard InChI is InChI=1S/C23H22F2N6O/c1-12(15-6-17(24)9-18(25)7-15)27-20-10-21(29-19-3-4-19)31-23(30-20)16(11-26-31)5-14-8-22(32)28-13(14)2/h5-7,9-12,19,29H,2-4,8H2,1H3,(H,27,30)(H,28,32)/b14-5+. The van der Waals surface area contributed by atoms with Crippen molar-refractivity contribution in [3.05, 3.63) is 71.1 Å². The van der Waals surface area contributed by atoms with Crippen LogP contribution in [0.1, 0.15) is 43.4 Å². The van der Waals surface area contributed by atoms with E-state index in [-0.39, 0.29) is 18.4 Å². The van der Waals surface area contributed by atoms with Crippen LogP contribution in [0.5, 0.6) is 0 Å². The van der Waals surface area contributed by atoms with Crippen LogP contribution in [-0.2, 0) is 4.79 Å². The summed E-state index contributed by atoms with van der Waals surface area (Å²) < 4.78 is 29.1. The van der Waals surface area contributed by atoms with E-state index in [0.717, 1.165) is 35.9 Å². The van der Waals surface area contributed by atoms with Gasteiger partial charge in [-0.15, -0.1) is 0 Å². The van der Waals surface area contributed by atoms with Gasteiger partial charge in [-0.2, -0.15) is 9.61 Å². The number of aromatic nitrogens is 3. The van der Waals surface area contributed by atoms with Gasteiger partial charge >= 0.3 is 0 Å². The summed E-state index contributed by atoms with van der Waals surface area (Å²) in [7, 11) is 0. The molecule has 7 nitrogen and oxygen atoms in total. The number of carbonyl (C=O) groups is 1. The quantitative estimate of drug-likeness (QED) is 0.540. The molecular formula is C23H22F2N6O. The van der Waals surface area contributed by atoms with Crippen LogP contribution in [0.4, 0.5) is 20.4 Å². The lowest BCUT2D eigenvalue weighted by Crippen LogP contribution is -2.12. The highest BCUT2D eigenvalue weighted by Gasteiger charge is 2.24. The average Bonchev–Trinajstić information content (AvgIpc) is 3.36. The largest absolute Gasteiger partial charge is 0.367 e. The molecule has 5 rings (SSSR count). The maximum absolute atomic E-state index is 13.7. The van der Waals surface area contributed by atoms with E-state index in [0.29, 0.717) is 28.8 Å². The Balaban J connectivity index is 1.53. The molecule has 1 amide bonds. The summed E-state index contributed by atoms with van der Waals surface area (Å²) in [4.78, 5) is 16.4. The predicted molar refractivity (Wildman–Crippen MR) is 118 cm³/mol. The van der Waals surface area contributed by atoms with Gasteiger partial charge < -0.3 is 16.0 Å². The van der Waals surface area contributed by atoms with Gasteiger partial charge in [0.15, 0.2) is 5.65 Å². The number of hydrogen-bond acceptors (Lipinski definition) is 5. The molecule has 2 fully saturated rings. The molecule has 0 radical (unpaired) electrons. The summed E-state index contributed by atoms with van der Waals surface area (Å²) in [6.45, 7) is 5.70. The molecule has 164 valence electrons. The Morgan fingerprint density at radius 1 is 1.25 bits per heavy atom. The van der Waals surface area contributed by atoms with Gasteiger partial charge in [-0.05, 0) is 49.1 Å². The Labute approximate surface area is 183 Å². The van der Waals surface area contributed by atoms with Gasteiger partial charge in [0.2, 0.25) is 5.91 Å². The van der Waals surface area contributed by atoms with Crippen molar-refractivity contribution in [1.82, 2.24) is 19.9 Å². The maximum atomic E-state index is 13.7. The zero-order valence-electron chi connectivity index (χ0n) is 17.5. The van der Waals surface area contributed by atoms with Gasteiger partial charge in [0.05, 0.1) is 18.7 Å². The van der Waals surface area contributed by atoms with Crippen molar-refractivity contribution >= 4 is 29.3 Å². The molecule has 2 aromatic heterocycles. The summed E-state index contributed by atoms with van der Waals surface area (Å²) in [6, 6.07) is 5.28. The van der Waals surface area contributed by atoms with E-state index < -0.39 is 11.6 Å². The molecule has 1 saturated heterocycles. The number of fused-ring (bicyclic) bond motifs is 1. The molecular weight excluding hydrogens is 414 g/mol. The number of nitrogens with one attached hydrogen (secondary N) is 3. The van der Waals surface area contributed by atoms with Gasteiger partial charge in [-0.1, -0.05) is 6.58 Å². The summed E-state index contributed by atoms with van der Waals surface area (Å²) in [5, 5.41) is 13.9. The van der Waals surface area contributed by atoms with E-state index in [4.69, 9.17) is 4.98 Å². The molecule has 0 bridgehead atoms. The predicted octanol–water partition coefficient (Wildman–Crippen LogP) is 4.17. The van der Waals surface area contributed by atoms with Crippen molar-refractivity contribution in [1.29, 1.82) is 0 Å². The third kappa shape index (κ3) is 4.05. The van der Waals surface area contributed by atoms with Gasteiger partial charge in [-0.25, -0.2) is 13.8 Å². The van der Waals surface area contributed by atoms with Crippen LogP contribution in [0.25, 0.3) is 11.7 Å². The number of anilines is 2. The fourth-order valence-electron chi connectivity index (χ4n) is 3.72. The highest BCUT2D eigenvalue weighted by molar-refractivity contribution is 5.89. The number of rotatable bonds is 6. The smallest absolute Gasteiger partial charge is 0.228 e. The van der Waals surface area contributed by atoms with Crippen LogP contribution >= 0.6 is 0 Å². The van der Waals surface area contributed by atoms with Crippen molar-refractivity contribution in [2.45, 2.75) is 38.3 Å². The first-order valence-corrected chi connectivity index (χ1v) is 10.4. The first kappa shape index (κ1) is 20.2. The molecule has 1 aliphatic carbocycles. The third-order valence-electron chi connectivity index (χ3n) is 5.54. The van der Waals surface area contributed by atoms with E-state index in [1.54, 1.807) is 10.7 Å². The van der Waals surface area contributed by atoms with E-state index in [2.05, 4.69) is 27.6 Å². The topological polar surface area (TPSA) is 83.4 Å². The minimum atomic E-state index is -0.627. The monoisotopic (exact) mass is 436 g/mol. The lowest BCUT2D eigenvalue weighted by molar-refractivity contribution is -0.118. The number of benzene rings is 1. The molecule has 3 heterocycles. The fourth-order valence-corrected chi connectivity index (χ4v) is 3.72. The Kier molecular flexibility index (Phi) is 4.88. The fraction of sp³-hybridized carbons (Fsp3) is 0.261. The molecule has 0 spiro atoms. The SMILES string of the molecule is C=C1NC(=O)C/C1=C\c1cnn2c(NC3CC3)cc(NC(C)c3cc(F)cc(F)c3)nc12. The molecule has 1 saturated carbocycles. The van der Waals surface area contributed by atoms with Gasteiger partial charge in [0.25, 0.3) is 0 Å². The Hall–Kier alpha value is -3.75. The first-order valence-electron chi connectivity index (χ1n) is 10.4. The van der Waals surface area contributed by atoms with Crippen LogP contribution in [0, 0.1) is 11.6 Å². The highest BCUT2D eigenvalue weighted by atomic mass is 19.1. The average molecular weight is 436 g/mol. The minimum absolute atomic E-state index is 0.0970. The third-order valence-corrected chi connectivity index (χ3v) is 5.54. The Bertz CT molecular complexity index is 1260. The molecule has 3 aromatic rings. The van der Waals surface area contributed by atoms with Crippen molar-refractivity contribution in [2.24, 2.45) is 0 Å². The zero-order valence-corrected chi connectivity index (χ0v) is 17.5. The highest BCUT2D eigenvalue weighted by Crippen LogP contribution is 2.30. The summed E-state index contributed by atoms with van der Waals surface area (Å²) in [5.74, 6) is -0.0463. The van der Waals surface area contributed by atoms with Crippen molar-refractivity contribution in [3.8, 4) is 0 Å². The maximum Gasteiger partial charge on any atom is 0.228 e. The molecule has 1 unspecified atom stereocenters.